The highest BCUT2D eigenvalue weighted by atomic mass is 16.5. The van der Waals surface area contributed by atoms with Crippen molar-refractivity contribution in [3.8, 4) is 5.75 Å². The first-order valence-electron chi connectivity index (χ1n) is 7.35. The highest BCUT2D eigenvalue weighted by Crippen LogP contribution is 2.21. The molecular weight excluding hydrogens is 234 g/mol. The number of hydrogen-bond donors (Lipinski definition) is 1. The van der Waals surface area contributed by atoms with Crippen LogP contribution in [0.15, 0.2) is 35.9 Å². The quantitative estimate of drug-likeness (QED) is 0.772. The van der Waals surface area contributed by atoms with Crippen molar-refractivity contribution in [3.63, 3.8) is 0 Å². The molecule has 2 heteroatoms. The lowest BCUT2D eigenvalue weighted by molar-refractivity contribution is 0.413. The van der Waals surface area contributed by atoms with Crippen molar-refractivity contribution < 1.29 is 4.74 Å². The third kappa shape index (κ3) is 4.39. The van der Waals surface area contributed by atoms with Crippen LogP contribution in [-0.4, -0.2) is 13.7 Å². The van der Waals surface area contributed by atoms with E-state index in [0.717, 1.165) is 12.3 Å². The Morgan fingerprint density at radius 1 is 1.32 bits per heavy atom. The summed E-state index contributed by atoms with van der Waals surface area (Å²) < 4.78 is 5.27. The second-order valence-electron chi connectivity index (χ2n) is 5.31. The third-order valence-electron chi connectivity index (χ3n) is 3.88. The molecule has 1 aliphatic carbocycles. The molecule has 0 saturated carbocycles. The van der Waals surface area contributed by atoms with Gasteiger partial charge < -0.3 is 10.1 Å². The molecule has 1 unspecified atom stereocenters. The average molecular weight is 259 g/mol. The summed E-state index contributed by atoms with van der Waals surface area (Å²) in [4.78, 5) is 0. The molecule has 0 heterocycles. The lowest BCUT2D eigenvalue weighted by atomic mass is 9.97. The molecular formula is C17H25NO. The van der Waals surface area contributed by atoms with Gasteiger partial charge in [0, 0.05) is 6.04 Å². The monoisotopic (exact) mass is 259 g/mol. The molecule has 0 saturated heterocycles. The van der Waals surface area contributed by atoms with Crippen LogP contribution in [0.4, 0.5) is 0 Å². The number of hydrogen-bond acceptors (Lipinski definition) is 2. The SMILES string of the molecule is COc1cccc(C(C)NCCC2=CCCCC2)c1. The molecule has 2 nitrogen and oxygen atoms in total. The molecule has 0 radical (unpaired) electrons. The molecule has 104 valence electrons. The zero-order chi connectivity index (χ0) is 13.5. The molecule has 0 spiro atoms. The molecule has 1 atom stereocenters. The number of methoxy groups -OCH3 is 1. The van der Waals surface area contributed by atoms with Crippen LogP contribution < -0.4 is 10.1 Å². The molecule has 1 aromatic rings. The van der Waals surface area contributed by atoms with Crippen LogP contribution in [0.1, 0.15) is 50.6 Å². The van der Waals surface area contributed by atoms with Gasteiger partial charge in [0.1, 0.15) is 5.75 Å². The second kappa shape index (κ2) is 7.34. The van der Waals surface area contributed by atoms with Gasteiger partial charge >= 0.3 is 0 Å². The van der Waals surface area contributed by atoms with Crippen LogP contribution in [0.2, 0.25) is 0 Å². The number of benzene rings is 1. The molecule has 0 aromatic heterocycles. The first-order chi connectivity index (χ1) is 9.29. The first kappa shape index (κ1) is 14.1. The highest BCUT2D eigenvalue weighted by molar-refractivity contribution is 5.30. The minimum absolute atomic E-state index is 0.374. The Balaban J connectivity index is 1.80. The molecule has 1 aliphatic rings. The van der Waals surface area contributed by atoms with E-state index in [9.17, 15) is 0 Å². The molecule has 0 aliphatic heterocycles. The van der Waals surface area contributed by atoms with Gasteiger partial charge in [0.15, 0.2) is 0 Å². The molecule has 0 fully saturated rings. The standard InChI is InChI=1S/C17H25NO/c1-14(16-9-6-10-17(13-16)19-2)18-12-11-15-7-4-3-5-8-15/h6-7,9-10,13-14,18H,3-5,8,11-12H2,1-2H3. The number of ether oxygens (including phenoxy) is 1. The zero-order valence-corrected chi connectivity index (χ0v) is 12.1. The molecule has 1 N–H and O–H groups in total. The summed E-state index contributed by atoms with van der Waals surface area (Å²) in [7, 11) is 1.72. The average Bonchev–Trinajstić information content (AvgIpc) is 2.48. The van der Waals surface area contributed by atoms with E-state index in [4.69, 9.17) is 4.74 Å². The van der Waals surface area contributed by atoms with Crippen LogP contribution in [0.25, 0.3) is 0 Å². The van der Waals surface area contributed by atoms with Crippen LogP contribution in [0.5, 0.6) is 5.75 Å². The summed E-state index contributed by atoms with van der Waals surface area (Å²) in [5.74, 6) is 0.932. The molecule has 1 aromatic carbocycles. The van der Waals surface area contributed by atoms with E-state index in [-0.39, 0.29) is 0 Å². The predicted octanol–water partition coefficient (Wildman–Crippen LogP) is 4.24. The summed E-state index contributed by atoms with van der Waals surface area (Å²) in [5.41, 5.74) is 2.92. The van der Waals surface area contributed by atoms with E-state index >= 15 is 0 Å². The maximum absolute atomic E-state index is 5.27. The first-order valence-corrected chi connectivity index (χ1v) is 7.35. The van der Waals surface area contributed by atoms with Crippen molar-refractivity contribution in [1.29, 1.82) is 0 Å². The van der Waals surface area contributed by atoms with E-state index in [1.54, 1.807) is 12.7 Å². The van der Waals surface area contributed by atoms with E-state index in [2.05, 4.69) is 36.5 Å². The van der Waals surface area contributed by atoms with Gasteiger partial charge in [-0.1, -0.05) is 23.8 Å². The van der Waals surface area contributed by atoms with Crippen molar-refractivity contribution in [1.82, 2.24) is 5.32 Å². The smallest absolute Gasteiger partial charge is 0.119 e. The maximum Gasteiger partial charge on any atom is 0.119 e. The lowest BCUT2D eigenvalue weighted by Crippen LogP contribution is -2.20. The fraction of sp³-hybridized carbons (Fsp3) is 0.529. The Kier molecular flexibility index (Phi) is 5.46. The summed E-state index contributed by atoms with van der Waals surface area (Å²) in [6.07, 6.45) is 8.94. The van der Waals surface area contributed by atoms with Crippen molar-refractivity contribution in [2.45, 2.75) is 45.1 Å². The molecule has 0 amide bonds. The lowest BCUT2D eigenvalue weighted by Gasteiger charge is -2.17. The minimum atomic E-state index is 0.374. The molecule has 0 bridgehead atoms. The van der Waals surface area contributed by atoms with Gasteiger partial charge in [-0.05, 0) is 63.3 Å². The van der Waals surface area contributed by atoms with Crippen molar-refractivity contribution in [2.75, 3.05) is 13.7 Å². The Hall–Kier alpha value is -1.28. The Morgan fingerprint density at radius 2 is 2.21 bits per heavy atom. The van der Waals surface area contributed by atoms with E-state index in [0.29, 0.717) is 6.04 Å². The minimum Gasteiger partial charge on any atom is -0.497 e. The van der Waals surface area contributed by atoms with Gasteiger partial charge in [0.2, 0.25) is 0 Å². The van der Waals surface area contributed by atoms with Gasteiger partial charge in [-0.15, -0.1) is 0 Å². The predicted molar refractivity (Wildman–Crippen MR) is 80.6 cm³/mol. The van der Waals surface area contributed by atoms with Crippen LogP contribution in [0, 0.1) is 0 Å². The summed E-state index contributed by atoms with van der Waals surface area (Å²) in [5, 5.41) is 3.60. The Bertz CT molecular complexity index is 425. The molecule has 19 heavy (non-hydrogen) atoms. The topological polar surface area (TPSA) is 21.3 Å². The van der Waals surface area contributed by atoms with Crippen LogP contribution >= 0.6 is 0 Å². The van der Waals surface area contributed by atoms with Crippen molar-refractivity contribution in [3.05, 3.63) is 41.5 Å². The second-order valence-corrected chi connectivity index (χ2v) is 5.31. The zero-order valence-electron chi connectivity index (χ0n) is 12.1. The van der Waals surface area contributed by atoms with Gasteiger partial charge in [-0.2, -0.15) is 0 Å². The highest BCUT2D eigenvalue weighted by Gasteiger charge is 2.07. The summed E-state index contributed by atoms with van der Waals surface area (Å²) in [6, 6.07) is 8.68. The van der Waals surface area contributed by atoms with E-state index < -0.39 is 0 Å². The van der Waals surface area contributed by atoms with Gasteiger partial charge in [-0.25, -0.2) is 0 Å². The molecule has 2 rings (SSSR count). The van der Waals surface area contributed by atoms with Crippen molar-refractivity contribution in [2.24, 2.45) is 0 Å². The fourth-order valence-corrected chi connectivity index (χ4v) is 2.61. The number of allylic oxidation sites excluding steroid dienone is 1. The normalized spacial score (nSPS) is 16.8. The van der Waals surface area contributed by atoms with Crippen LogP contribution in [-0.2, 0) is 0 Å². The van der Waals surface area contributed by atoms with E-state index in [1.165, 1.54) is 37.7 Å². The van der Waals surface area contributed by atoms with Gasteiger partial charge in [0.25, 0.3) is 0 Å². The largest absolute Gasteiger partial charge is 0.497 e. The number of rotatable bonds is 6. The van der Waals surface area contributed by atoms with Gasteiger partial charge in [0.05, 0.1) is 7.11 Å². The van der Waals surface area contributed by atoms with E-state index in [1.807, 2.05) is 6.07 Å². The number of nitrogens with one attached hydrogen (secondary N) is 1. The fourth-order valence-electron chi connectivity index (χ4n) is 2.61. The van der Waals surface area contributed by atoms with Crippen LogP contribution in [0.3, 0.4) is 0 Å². The van der Waals surface area contributed by atoms with Gasteiger partial charge in [-0.3, -0.25) is 0 Å². The Morgan fingerprint density at radius 3 is 2.95 bits per heavy atom. The van der Waals surface area contributed by atoms with Crippen molar-refractivity contribution >= 4 is 0 Å². The third-order valence-corrected chi connectivity index (χ3v) is 3.88. The maximum atomic E-state index is 5.27. The Labute approximate surface area is 116 Å². The summed E-state index contributed by atoms with van der Waals surface area (Å²) in [6.45, 7) is 3.27. The summed E-state index contributed by atoms with van der Waals surface area (Å²) >= 11 is 0.